The zero-order valence-corrected chi connectivity index (χ0v) is 33.1. The number of nitrogens with one attached hydrogen (secondary N) is 1. The molecule has 0 spiro atoms. The number of carboxylic acid groups (broad SMARTS) is 1. The number of carbonyl (C=O) groups is 1. The van der Waals surface area contributed by atoms with Gasteiger partial charge in [0.25, 0.3) is 0 Å². The fourth-order valence-electron chi connectivity index (χ4n) is 9.11. The first-order valence-electron chi connectivity index (χ1n) is 19.9. The number of nitriles is 1. The van der Waals surface area contributed by atoms with Crippen LogP contribution in [-0.4, -0.2) is 73.4 Å². The maximum atomic E-state index is 11.5. The quantitative estimate of drug-likeness (QED) is 0.115. The zero-order chi connectivity index (χ0) is 39.2. The standard InChI is InChI=1S/C46H46N6O4S/c1-27-35(36-8-5-11-41(28(36)2)50-45-43-30(12-15-48-45)18-29(22-49-43)23-51-16-14-34(53)25-51)7-4-9-37(27)42-20-33-19-39-32(26-57-52-17-13-31(24-52)46(54)55)6-3-10-38(39)40(21-47)44(33)56-42/h4-5,7-9,11-12,15,18-20,22,31-32,34,53H,3,6,10,13-14,16-17,23-26H2,1-2H3,(H,48,50)(H,54,55)/t31-,32?,34-/m1/s1. The minimum atomic E-state index is -0.711. The molecule has 0 radical (unpaired) electrons. The number of fused-ring (bicyclic) bond motifs is 3. The van der Waals surface area contributed by atoms with E-state index in [-0.39, 0.29) is 12.0 Å². The molecule has 0 bridgehead atoms. The van der Waals surface area contributed by atoms with Crippen LogP contribution in [0.2, 0.25) is 0 Å². The van der Waals surface area contributed by atoms with Crippen LogP contribution in [0.15, 0.2) is 77.5 Å². The van der Waals surface area contributed by atoms with Crippen LogP contribution < -0.4 is 5.32 Å². The first-order valence-corrected chi connectivity index (χ1v) is 20.9. The summed E-state index contributed by atoms with van der Waals surface area (Å²) >= 11 is 1.75. The SMILES string of the molecule is Cc1c(Nc2nccc3cc(CN4CC[C@@H](O)C4)cnc23)cccc1-c1cccc(-c2cc3cc4c(c(C#N)c3o2)CCCC4CSN2CC[C@@H](C(=O)O)C2)c1C. The molecule has 3 aromatic heterocycles. The second-order valence-electron chi connectivity index (χ2n) is 15.9. The topological polar surface area (TPSA) is 139 Å². The Labute approximate surface area is 336 Å². The van der Waals surface area contributed by atoms with Gasteiger partial charge in [-0.2, -0.15) is 5.26 Å². The van der Waals surface area contributed by atoms with E-state index in [1.54, 1.807) is 11.9 Å². The maximum Gasteiger partial charge on any atom is 0.307 e. The molecule has 3 N–H and O–H groups in total. The van der Waals surface area contributed by atoms with E-state index in [2.05, 4.69) is 94.0 Å². The molecule has 2 aliphatic heterocycles. The molecule has 1 aliphatic carbocycles. The number of aliphatic hydroxyl groups is 1. The zero-order valence-electron chi connectivity index (χ0n) is 32.3. The Bertz CT molecular complexity index is 2560. The van der Waals surface area contributed by atoms with Gasteiger partial charge in [-0.25, -0.2) is 9.29 Å². The van der Waals surface area contributed by atoms with Gasteiger partial charge in [0.15, 0.2) is 11.4 Å². The van der Waals surface area contributed by atoms with Crippen LogP contribution in [0.3, 0.4) is 0 Å². The van der Waals surface area contributed by atoms with Crippen LogP contribution in [0, 0.1) is 31.1 Å². The van der Waals surface area contributed by atoms with E-state index in [0.29, 0.717) is 42.4 Å². The van der Waals surface area contributed by atoms with Crippen molar-refractivity contribution in [3.05, 3.63) is 106 Å². The summed E-state index contributed by atoms with van der Waals surface area (Å²) < 4.78 is 8.82. The van der Waals surface area contributed by atoms with Crippen LogP contribution >= 0.6 is 11.9 Å². The van der Waals surface area contributed by atoms with E-state index < -0.39 is 5.97 Å². The fraction of sp³-hybridized carbons (Fsp3) is 0.348. The summed E-state index contributed by atoms with van der Waals surface area (Å²) in [5.74, 6) is 1.59. The van der Waals surface area contributed by atoms with Gasteiger partial charge < -0.3 is 19.9 Å². The number of aliphatic carboxylic acids is 1. The Hall–Kier alpha value is -5.25. The highest BCUT2D eigenvalue weighted by Crippen LogP contribution is 2.43. The third-order valence-electron chi connectivity index (χ3n) is 12.2. The van der Waals surface area contributed by atoms with Crippen molar-refractivity contribution in [2.75, 3.05) is 37.2 Å². The molecular weight excluding hydrogens is 733 g/mol. The summed E-state index contributed by atoms with van der Waals surface area (Å²) in [4.78, 5) is 23.3. The minimum Gasteiger partial charge on any atom is -0.481 e. The minimum absolute atomic E-state index is 0.250. The lowest BCUT2D eigenvalue weighted by Crippen LogP contribution is -2.21. The van der Waals surface area contributed by atoms with Gasteiger partial charge >= 0.3 is 5.97 Å². The highest BCUT2D eigenvalue weighted by atomic mass is 32.2. The second kappa shape index (κ2) is 15.6. The van der Waals surface area contributed by atoms with Gasteiger partial charge in [-0.3, -0.25) is 14.7 Å². The highest BCUT2D eigenvalue weighted by Gasteiger charge is 2.31. The molecule has 3 atom stereocenters. The number of aromatic nitrogens is 2. The summed E-state index contributed by atoms with van der Waals surface area (Å²) in [7, 11) is 0. The van der Waals surface area contributed by atoms with E-state index in [1.165, 1.54) is 5.56 Å². The number of nitrogens with zero attached hydrogens (tertiary/aromatic N) is 5. The lowest BCUT2D eigenvalue weighted by atomic mass is 9.81. The third-order valence-corrected chi connectivity index (χ3v) is 13.5. The summed E-state index contributed by atoms with van der Waals surface area (Å²) in [5.41, 5.74) is 11.8. The lowest BCUT2D eigenvalue weighted by Gasteiger charge is -2.27. The van der Waals surface area contributed by atoms with Gasteiger partial charge in [0.2, 0.25) is 0 Å². The number of likely N-dealkylation sites (tertiary alicyclic amines) is 1. The average molecular weight is 779 g/mol. The number of rotatable bonds is 10. The molecule has 5 heterocycles. The van der Waals surface area contributed by atoms with Gasteiger partial charge in [-0.05, 0) is 121 Å². The number of hydrogen-bond acceptors (Lipinski definition) is 10. The van der Waals surface area contributed by atoms with E-state index in [4.69, 9.17) is 9.40 Å². The van der Waals surface area contributed by atoms with Crippen molar-refractivity contribution in [1.29, 1.82) is 5.26 Å². The van der Waals surface area contributed by atoms with E-state index in [1.807, 2.05) is 18.5 Å². The Balaban J connectivity index is 0.987. The number of β-amino-alcohol motifs (C(OH)–C–C–N with tert-alkyl or cyclic N) is 1. The van der Waals surface area contributed by atoms with Crippen molar-refractivity contribution < 1.29 is 19.4 Å². The molecule has 0 amide bonds. The molecule has 1 unspecified atom stereocenters. The first-order chi connectivity index (χ1) is 27.7. The summed E-state index contributed by atoms with van der Waals surface area (Å²) in [6, 6.07) is 23.6. The van der Waals surface area contributed by atoms with Gasteiger partial charge in [0, 0.05) is 72.9 Å². The van der Waals surface area contributed by atoms with Gasteiger partial charge in [0.05, 0.1) is 17.6 Å². The van der Waals surface area contributed by atoms with Crippen molar-refractivity contribution in [3.8, 4) is 28.5 Å². The predicted octanol–water partition coefficient (Wildman–Crippen LogP) is 8.98. The lowest BCUT2D eigenvalue weighted by molar-refractivity contribution is -0.141. The average Bonchev–Trinajstić information content (AvgIpc) is 3.97. The highest BCUT2D eigenvalue weighted by molar-refractivity contribution is 7.97. The van der Waals surface area contributed by atoms with Crippen molar-refractivity contribution in [2.45, 2.75) is 64.5 Å². The number of furan rings is 1. The number of benzene rings is 3. The molecule has 57 heavy (non-hydrogen) atoms. The van der Waals surface area contributed by atoms with Gasteiger partial charge in [-0.1, -0.05) is 42.3 Å². The van der Waals surface area contributed by atoms with Gasteiger partial charge in [-0.15, -0.1) is 0 Å². The number of aliphatic hydroxyl groups excluding tert-OH is 1. The predicted molar refractivity (Wildman–Crippen MR) is 225 cm³/mol. The number of pyridine rings is 2. The molecule has 2 fully saturated rings. The molecule has 0 saturated carbocycles. The monoisotopic (exact) mass is 778 g/mol. The number of carboxylic acids is 1. The van der Waals surface area contributed by atoms with Gasteiger partial charge in [0.1, 0.15) is 17.3 Å². The van der Waals surface area contributed by atoms with Crippen molar-refractivity contribution >= 4 is 51.3 Å². The Morgan fingerprint density at radius 2 is 1.81 bits per heavy atom. The molecule has 9 rings (SSSR count). The third kappa shape index (κ3) is 7.28. The Morgan fingerprint density at radius 1 is 0.982 bits per heavy atom. The molecule has 6 aromatic rings. The molecule has 3 aliphatic rings. The molecule has 290 valence electrons. The molecule has 3 aromatic carbocycles. The van der Waals surface area contributed by atoms with E-state index in [0.717, 1.165) is 118 Å². The van der Waals surface area contributed by atoms with Crippen molar-refractivity contribution in [3.63, 3.8) is 0 Å². The number of hydrogen-bond donors (Lipinski definition) is 3. The van der Waals surface area contributed by atoms with Crippen LogP contribution in [0.4, 0.5) is 11.5 Å². The van der Waals surface area contributed by atoms with Crippen LogP contribution in [0.25, 0.3) is 44.3 Å². The Morgan fingerprint density at radius 3 is 2.60 bits per heavy atom. The van der Waals surface area contributed by atoms with Crippen molar-refractivity contribution in [1.82, 2.24) is 19.2 Å². The largest absolute Gasteiger partial charge is 0.481 e. The smallest absolute Gasteiger partial charge is 0.307 e. The van der Waals surface area contributed by atoms with Crippen LogP contribution in [0.1, 0.15) is 65.0 Å². The second-order valence-corrected chi connectivity index (χ2v) is 17.0. The molecule has 10 nitrogen and oxygen atoms in total. The Kier molecular flexibility index (Phi) is 10.2. The summed E-state index contributed by atoms with van der Waals surface area (Å²) in [5, 5.41) is 35.4. The molecule has 2 saturated heterocycles. The number of anilines is 2. The normalized spacial score (nSPS) is 19.9. The van der Waals surface area contributed by atoms with Crippen molar-refractivity contribution in [2.24, 2.45) is 5.92 Å². The maximum absolute atomic E-state index is 11.5. The molecular formula is C46H46N6O4S. The van der Waals surface area contributed by atoms with Crippen LogP contribution in [-0.2, 0) is 17.8 Å². The van der Waals surface area contributed by atoms with E-state index >= 15 is 0 Å². The summed E-state index contributed by atoms with van der Waals surface area (Å²) in [6.07, 6.45) is 7.89. The summed E-state index contributed by atoms with van der Waals surface area (Å²) in [6.45, 7) is 7.98. The van der Waals surface area contributed by atoms with E-state index in [9.17, 15) is 20.3 Å². The fourth-order valence-corrected chi connectivity index (χ4v) is 10.4. The first kappa shape index (κ1) is 37.3. The molecule has 11 heteroatoms. The van der Waals surface area contributed by atoms with Crippen LogP contribution in [0.5, 0.6) is 0 Å².